The van der Waals surface area contributed by atoms with Crippen LogP contribution in [-0.2, 0) is 14.6 Å². The van der Waals surface area contributed by atoms with E-state index in [1.807, 2.05) is 0 Å². The zero-order chi connectivity index (χ0) is 14.5. The average Bonchev–Trinajstić information content (AvgIpc) is 2.31. The molecule has 5 nitrogen and oxygen atoms in total. The van der Waals surface area contributed by atoms with Crippen LogP contribution in [0.25, 0.3) is 0 Å². The molecule has 0 fully saturated rings. The molecule has 19 heavy (non-hydrogen) atoms. The molecule has 0 aliphatic heterocycles. The zero-order valence-electron chi connectivity index (χ0n) is 10.2. The zero-order valence-corrected chi connectivity index (χ0v) is 11.8. The van der Waals surface area contributed by atoms with Gasteiger partial charge in [0.25, 0.3) is 0 Å². The summed E-state index contributed by atoms with van der Waals surface area (Å²) in [4.78, 5) is 11.6. The van der Waals surface area contributed by atoms with Gasteiger partial charge < -0.3 is 5.32 Å². The molecule has 0 aliphatic carbocycles. The van der Waals surface area contributed by atoms with E-state index in [1.54, 1.807) is 0 Å². The SMILES string of the molecule is C#CCNCC(=O)Nc1cc(S(C)(=O)=O)ccc1Cl. The van der Waals surface area contributed by atoms with Crippen LogP contribution >= 0.6 is 11.6 Å². The number of benzene rings is 1. The van der Waals surface area contributed by atoms with Crippen LogP contribution in [0.1, 0.15) is 0 Å². The van der Waals surface area contributed by atoms with E-state index in [4.69, 9.17) is 18.0 Å². The maximum Gasteiger partial charge on any atom is 0.238 e. The molecular weight excluding hydrogens is 288 g/mol. The first-order valence-electron chi connectivity index (χ1n) is 5.28. The third-order valence-corrected chi connectivity index (χ3v) is 3.59. The first-order valence-corrected chi connectivity index (χ1v) is 7.55. The lowest BCUT2D eigenvalue weighted by Gasteiger charge is -2.09. The van der Waals surface area contributed by atoms with Gasteiger partial charge in [0.2, 0.25) is 5.91 Å². The minimum atomic E-state index is -3.35. The second kappa shape index (κ2) is 6.57. The van der Waals surface area contributed by atoms with Gasteiger partial charge in [-0.1, -0.05) is 17.5 Å². The Morgan fingerprint density at radius 2 is 2.16 bits per heavy atom. The van der Waals surface area contributed by atoms with Crippen LogP contribution in [0.2, 0.25) is 5.02 Å². The summed E-state index contributed by atoms with van der Waals surface area (Å²) in [5.74, 6) is 1.97. The minimum absolute atomic E-state index is 0.0175. The highest BCUT2D eigenvalue weighted by atomic mass is 35.5. The van der Waals surface area contributed by atoms with Gasteiger partial charge in [-0.05, 0) is 18.2 Å². The molecule has 0 saturated heterocycles. The topological polar surface area (TPSA) is 75.3 Å². The highest BCUT2D eigenvalue weighted by Gasteiger charge is 2.11. The molecule has 1 amide bonds. The summed E-state index contributed by atoms with van der Waals surface area (Å²) < 4.78 is 22.8. The van der Waals surface area contributed by atoms with Crippen LogP contribution in [0.15, 0.2) is 23.1 Å². The molecule has 0 bridgehead atoms. The number of carbonyl (C=O) groups excluding carboxylic acids is 1. The number of amides is 1. The number of carbonyl (C=O) groups is 1. The lowest BCUT2D eigenvalue weighted by molar-refractivity contribution is -0.115. The summed E-state index contributed by atoms with van der Waals surface area (Å²) in [6.45, 7) is 0.286. The fourth-order valence-electron chi connectivity index (χ4n) is 1.27. The molecule has 0 radical (unpaired) electrons. The van der Waals surface area contributed by atoms with Crippen molar-refractivity contribution in [1.82, 2.24) is 5.32 Å². The second-order valence-corrected chi connectivity index (χ2v) is 6.19. The van der Waals surface area contributed by atoms with Gasteiger partial charge in [-0.15, -0.1) is 6.42 Å². The molecule has 0 saturated carbocycles. The van der Waals surface area contributed by atoms with Gasteiger partial charge in [0.15, 0.2) is 9.84 Å². The van der Waals surface area contributed by atoms with Gasteiger partial charge >= 0.3 is 0 Å². The number of terminal acetylenes is 1. The number of nitrogens with one attached hydrogen (secondary N) is 2. The van der Waals surface area contributed by atoms with Gasteiger partial charge in [-0.2, -0.15) is 0 Å². The molecular formula is C12H13ClN2O3S. The first kappa shape index (κ1) is 15.5. The van der Waals surface area contributed by atoms with E-state index >= 15 is 0 Å². The van der Waals surface area contributed by atoms with Crippen LogP contribution in [0, 0.1) is 12.3 Å². The Balaban J connectivity index is 2.84. The molecule has 7 heteroatoms. The van der Waals surface area contributed by atoms with Crippen LogP contribution in [0.3, 0.4) is 0 Å². The number of hydrogen-bond acceptors (Lipinski definition) is 4. The Bertz CT molecular complexity index is 620. The van der Waals surface area contributed by atoms with E-state index in [0.29, 0.717) is 0 Å². The smallest absolute Gasteiger partial charge is 0.238 e. The van der Waals surface area contributed by atoms with Gasteiger partial charge in [0.05, 0.1) is 28.7 Å². The van der Waals surface area contributed by atoms with Crippen LogP contribution < -0.4 is 10.6 Å². The van der Waals surface area contributed by atoms with Crippen LogP contribution in [-0.4, -0.2) is 33.7 Å². The number of sulfone groups is 1. The van der Waals surface area contributed by atoms with Gasteiger partial charge in [0.1, 0.15) is 0 Å². The summed E-state index contributed by atoms with van der Waals surface area (Å²) >= 11 is 5.89. The predicted octanol–water partition coefficient (Wildman–Crippen LogP) is 0.905. The predicted molar refractivity (Wildman–Crippen MR) is 74.9 cm³/mol. The standard InChI is InChI=1S/C12H13ClN2O3S/c1-3-6-14-8-12(16)15-11-7-9(19(2,17)18)4-5-10(11)13/h1,4-5,7,14H,6,8H2,2H3,(H,15,16). The molecule has 0 atom stereocenters. The van der Waals surface area contributed by atoms with Crippen molar-refractivity contribution in [3.8, 4) is 12.3 Å². The van der Waals surface area contributed by atoms with Crippen molar-refractivity contribution in [3.05, 3.63) is 23.2 Å². The van der Waals surface area contributed by atoms with Crippen LogP contribution in [0.5, 0.6) is 0 Å². The number of hydrogen-bond donors (Lipinski definition) is 2. The van der Waals surface area contributed by atoms with Crippen molar-refractivity contribution in [3.63, 3.8) is 0 Å². The third-order valence-electron chi connectivity index (χ3n) is 2.15. The van der Waals surface area contributed by atoms with Gasteiger partial charge in [-0.3, -0.25) is 10.1 Å². The monoisotopic (exact) mass is 300 g/mol. The lowest BCUT2D eigenvalue weighted by atomic mass is 10.3. The van der Waals surface area contributed by atoms with Crippen LogP contribution in [0.4, 0.5) is 5.69 Å². The van der Waals surface area contributed by atoms with E-state index in [0.717, 1.165) is 6.26 Å². The Hall–Kier alpha value is -1.55. The Morgan fingerprint density at radius 3 is 2.74 bits per heavy atom. The molecule has 1 rings (SSSR count). The molecule has 0 aliphatic rings. The average molecular weight is 301 g/mol. The maximum absolute atomic E-state index is 11.6. The fourth-order valence-corrected chi connectivity index (χ4v) is 2.09. The van der Waals surface area contributed by atoms with Crippen molar-refractivity contribution in [2.75, 3.05) is 24.7 Å². The van der Waals surface area contributed by atoms with Crippen molar-refractivity contribution >= 4 is 33.0 Å². The molecule has 0 unspecified atom stereocenters. The van der Waals surface area contributed by atoms with E-state index in [2.05, 4.69) is 16.6 Å². The highest BCUT2D eigenvalue weighted by Crippen LogP contribution is 2.25. The summed E-state index contributed by atoms with van der Waals surface area (Å²) in [5.41, 5.74) is 0.247. The minimum Gasteiger partial charge on any atom is -0.324 e. The fraction of sp³-hybridized carbons (Fsp3) is 0.250. The normalized spacial score (nSPS) is 10.8. The molecule has 0 aromatic heterocycles. The van der Waals surface area contributed by atoms with Crippen molar-refractivity contribution < 1.29 is 13.2 Å². The van der Waals surface area contributed by atoms with E-state index in [-0.39, 0.29) is 34.6 Å². The quantitative estimate of drug-likeness (QED) is 0.626. The Morgan fingerprint density at radius 1 is 1.47 bits per heavy atom. The first-order chi connectivity index (χ1) is 8.84. The number of halogens is 1. The number of anilines is 1. The largest absolute Gasteiger partial charge is 0.324 e. The summed E-state index contributed by atoms with van der Waals surface area (Å²) in [6, 6.07) is 4.11. The molecule has 0 spiro atoms. The molecule has 0 heterocycles. The second-order valence-electron chi connectivity index (χ2n) is 3.77. The van der Waals surface area contributed by atoms with Crippen molar-refractivity contribution in [2.24, 2.45) is 0 Å². The van der Waals surface area contributed by atoms with E-state index in [9.17, 15) is 13.2 Å². The summed E-state index contributed by atoms with van der Waals surface area (Å²) in [6.07, 6.45) is 6.11. The summed E-state index contributed by atoms with van der Waals surface area (Å²) in [5, 5.41) is 5.49. The van der Waals surface area contributed by atoms with Crippen molar-refractivity contribution in [2.45, 2.75) is 4.90 Å². The van der Waals surface area contributed by atoms with Gasteiger partial charge in [0, 0.05) is 6.26 Å². The van der Waals surface area contributed by atoms with E-state index < -0.39 is 9.84 Å². The maximum atomic E-state index is 11.6. The molecule has 1 aromatic carbocycles. The highest BCUT2D eigenvalue weighted by molar-refractivity contribution is 7.90. The van der Waals surface area contributed by atoms with E-state index in [1.165, 1.54) is 18.2 Å². The third kappa shape index (κ3) is 4.91. The summed E-state index contributed by atoms with van der Waals surface area (Å²) in [7, 11) is -3.35. The Labute approximate surface area is 117 Å². The lowest BCUT2D eigenvalue weighted by Crippen LogP contribution is -2.28. The number of rotatable bonds is 5. The Kier molecular flexibility index (Phi) is 5.36. The molecule has 1 aromatic rings. The van der Waals surface area contributed by atoms with Crippen molar-refractivity contribution in [1.29, 1.82) is 0 Å². The molecule has 2 N–H and O–H groups in total. The van der Waals surface area contributed by atoms with Gasteiger partial charge in [-0.25, -0.2) is 8.42 Å². The molecule has 102 valence electrons.